The number of piperidine rings is 1. The van der Waals surface area contributed by atoms with E-state index in [1.54, 1.807) is 0 Å². The molecule has 1 aromatic heterocycles. The Morgan fingerprint density at radius 2 is 1.69 bits per heavy atom. The molecule has 1 aliphatic rings. The molecular formula is C31H33N3O. The number of carbonyl (C=O) groups excluding carboxylic acids is 1. The van der Waals surface area contributed by atoms with Crippen LogP contribution in [0.2, 0.25) is 0 Å². The van der Waals surface area contributed by atoms with Crippen LogP contribution < -0.4 is 5.32 Å². The number of aryl methyl sites for hydroxylation is 2. The summed E-state index contributed by atoms with van der Waals surface area (Å²) in [5.41, 5.74) is 6.56. The monoisotopic (exact) mass is 463 g/mol. The third kappa shape index (κ3) is 5.60. The number of aromatic nitrogens is 1. The summed E-state index contributed by atoms with van der Waals surface area (Å²) in [5.74, 6) is 0.148. The Kier molecular flexibility index (Phi) is 6.91. The summed E-state index contributed by atoms with van der Waals surface area (Å²) in [7, 11) is 0. The van der Waals surface area contributed by atoms with Crippen molar-refractivity contribution in [3.8, 4) is 0 Å². The average molecular weight is 464 g/mol. The van der Waals surface area contributed by atoms with Gasteiger partial charge < -0.3 is 10.2 Å². The van der Waals surface area contributed by atoms with Crippen LogP contribution >= 0.6 is 0 Å². The van der Waals surface area contributed by atoms with Gasteiger partial charge in [0.25, 0.3) is 5.91 Å². The van der Waals surface area contributed by atoms with Crippen molar-refractivity contribution in [3.63, 3.8) is 0 Å². The molecule has 4 aromatic rings. The number of benzene rings is 3. The van der Waals surface area contributed by atoms with Crippen molar-refractivity contribution in [1.82, 2.24) is 15.2 Å². The van der Waals surface area contributed by atoms with Crippen LogP contribution in [0.15, 0.2) is 85.1 Å². The molecule has 4 heteroatoms. The lowest BCUT2D eigenvalue weighted by atomic mass is 9.91. The number of fused-ring (bicyclic) bond motifs is 1. The molecule has 178 valence electrons. The predicted octanol–water partition coefficient (Wildman–Crippen LogP) is 5.86. The van der Waals surface area contributed by atoms with Crippen molar-refractivity contribution < 1.29 is 4.79 Å². The van der Waals surface area contributed by atoms with Crippen LogP contribution in [0, 0.1) is 13.8 Å². The first-order valence-electron chi connectivity index (χ1n) is 12.6. The molecule has 0 saturated carbocycles. The molecule has 1 N–H and O–H groups in total. The Balaban J connectivity index is 1.31. The number of nitrogens with zero attached hydrogens (tertiary/aromatic N) is 2. The van der Waals surface area contributed by atoms with Gasteiger partial charge in [-0.15, -0.1) is 0 Å². The van der Waals surface area contributed by atoms with Crippen molar-refractivity contribution in [3.05, 3.63) is 113 Å². The van der Waals surface area contributed by atoms with Gasteiger partial charge in [-0.2, -0.15) is 0 Å². The second kappa shape index (κ2) is 10.4. The van der Waals surface area contributed by atoms with Gasteiger partial charge >= 0.3 is 0 Å². The first kappa shape index (κ1) is 23.3. The zero-order valence-electron chi connectivity index (χ0n) is 20.6. The highest BCUT2D eigenvalue weighted by Gasteiger charge is 2.32. The molecule has 0 radical (unpaired) electrons. The van der Waals surface area contributed by atoms with Crippen LogP contribution in [0.4, 0.5) is 0 Å². The summed E-state index contributed by atoms with van der Waals surface area (Å²) >= 11 is 0. The highest BCUT2D eigenvalue weighted by atomic mass is 16.2. The molecule has 2 atom stereocenters. The molecular weight excluding hydrogens is 430 g/mol. The fourth-order valence-corrected chi connectivity index (χ4v) is 5.32. The molecule has 1 amide bonds. The van der Waals surface area contributed by atoms with Gasteiger partial charge in [-0.3, -0.25) is 9.78 Å². The van der Waals surface area contributed by atoms with E-state index in [0.717, 1.165) is 54.6 Å². The van der Waals surface area contributed by atoms with Gasteiger partial charge in [0, 0.05) is 42.3 Å². The molecule has 4 nitrogen and oxygen atoms in total. The normalized spacial score (nSPS) is 18.1. The molecule has 0 bridgehead atoms. The summed E-state index contributed by atoms with van der Waals surface area (Å²) < 4.78 is 0. The second-order valence-corrected chi connectivity index (χ2v) is 9.86. The minimum Gasteiger partial charge on any atom is -0.335 e. The van der Waals surface area contributed by atoms with Gasteiger partial charge in [0.2, 0.25) is 0 Å². The van der Waals surface area contributed by atoms with Crippen molar-refractivity contribution in [1.29, 1.82) is 0 Å². The van der Waals surface area contributed by atoms with E-state index < -0.39 is 0 Å². The van der Waals surface area contributed by atoms with E-state index in [0.29, 0.717) is 6.04 Å². The fourth-order valence-electron chi connectivity index (χ4n) is 5.32. The van der Waals surface area contributed by atoms with E-state index in [9.17, 15) is 4.79 Å². The van der Waals surface area contributed by atoms with Gasteiger partial charge in [-0.25, -0.2) is 0 Å². The first-order chi connectivity index (χ1) is 17.0. The maximum atomic E-state index is 13.6. The Labute approximate surface area is 208 Å². The van der Waals surface area contributed by atoms with E-state index in [2.05, 4.69) is 77.6 Å². The van der Waals surface area contributed by atoms with Crippen LogP contribution in [0.25, 0.3) is 10.9 Å². The number of pyridine rings is 1. The summed E-state index contributed by atoms with van der Waals surface area (Å²) in [6.45, 7) is 5.66. The molecule has 35 heavy (non-hydrogen) atoms. The van der Waals surface area contributed by atoms with Gasteiger partial charge in [0.1, 0.15) is 0 Å². The number of amides is 1. The lowest BCUT2D eigenvalue weighted by Crippen LogP contribution is -2.51. The maximum absolute atomic E-state index is 13.6. The molecule has 0 aliphatic carbocycles. The number of para-hydroxylation sites is 1. The van der Waals surface area contributed by atoms with Crippen molar-refractivity contribution in [2.45, 2.75) is 51.7 Å². The summed E-state index contributed by atoms with van der Waals surface area (Å²) in [6.07, 6.45) is 4.72. The van der Waals surface area contributed by atoms with Gasteiger partial charge in [0.15, 0.2) is 0 Å². The van der Waals surface area contributed by atoms with Gasteiger partial charge in [0.05, 0.1) is 5.52 Å². The Morgan fingerprint density at radius 3 is 2.49 bits per heavy atom. The quantitative estimate of drug-likeness (QED) is 0.390. The number of likely N-dealkylation sites (tertiary alicyclic amines) is 1. The standard InChI is InChI=1S/C31H33N3O/c1-22-14-23(2)16-27(15-22)31(35)34-13-12-28(19-29(34)18-24-8-4-3-5-9-24)32-20-25-17-26-10-6-7-11-30(26)33-21-25/h3-11,14-17,21,28-29,32H,12-13,18-20H2,1-2H3/t28-,29-/m0/s1. The highest BCUT2D eigenvalue weighted by molar-refractivity contribution is 5.95. The minimum atomic E-state index is 0.148. The lowest BCUT2D eigenvalue weighted by molar-refractivity contribution is 0.0576. The number of rotatable bonds is 6. The van der Waals surface area contributed by atoms with E-state index in [1.165, 1.54) is 16.5 Å². The topological polar surface area (TPSA) is 45.2 Å². The first-order valence-corrected chi connectivity index (χ1v) is 12.6. The minimum absolute atomic E-state index is 0.148. The molecule has 1 saturated heterocycles. The van der Waals surface area contributed by atoms with Crippen LogP contribution in [-0.4, -0.2) is 34.4 Å². The van der Waals surface area contributed by atoms with E-state index in [-0.39, 0.29) is 11.9 Å². The smallest absolute Gasteiger partial charge is 0.254 e. The average Bonchev–Trinajstić information content (AvgIpc) is 2.87. The molecule has 0 spiro atoms. The maximum Gasteiger partial charge on any atom is 0.254 e. The third-order valence-electron chi connectivity index (χ3n) is 7.00. The van der Waals surface area contributed by atoms with Crippen LogP contribution in [0.3, 0.4) is 0 Å². The largest absolute Gasteiger partial charge is 0.335 e. The van der Waals surface area contributed by atoms with E-state index in [4.69, 9.17) is 0 Å². The third-order valence-corrected chi connectivity index (χ3v) is 7.00. The van der Waals surface area contributed by atoms with Crippen molar-refractivity contribution >= 4 is 16.8 Å². The van der Waals surface area contributed by atoms with Crippen LogP contribution in [-0.2, 0) is 13.0 Å². The van der Waals surface area contributed by atoms with E-state index in [1.807, 2.05) is 36.5 Å². The molecule has 0 unspecified atom stereocenters. The van der Waals surface area contributed by atoms with Crippen molar-refractivity contribution in [2.75, 3.05) is 6.54 Å². The van der Waals surface area contributed by atoms with E-state index >= 15 is 0 Å². The van der Waals surface area contributed by atoms with Crippen LogP contribution in [0.5, 0.6) is 0 Å². The molecule has 1 aliphatic heterocycles. The van der Waals surface area contributed by atoms with Gasteiger partial charge in [-0.1, -0.05) is 65.7 Å². The Morgan fingerprint density at radius 1 is 0.943 bits per heavy atom. The summed E-state index contributed by atoms with van der Waals surface area (Å²) in [4.78, 5) is 20.3. The zero-order valence-corrected chi connectivity index (χ0v) is 20.6. The summed E-state index contributed by atoms with van der Waals surface area (Å²) in [5, 5.41) is 4.93. The Hall–Kier alpha value is -3.50. The van der Waals surface area contributed by atoms with Crippen LogP contribution in [0.1, 0.15) is 45.5 Å². The number of hydrogen-bond donors (Lipinski definition) is 1. The Bertz CT molecular complexity index is 1300. The second-order valence-electron chi connectivity index (χ2n) is 9.86. The number of hydrogen-bond acceptors (Lipinski definition) is 3. The molecule has 1 fully saturated rings. The molecule has 2 heterocycles. The number of nitrogens with one attached hydrogen (secondary N) is 1. The summed E-state index contributed by atoms with van der Waals surface area (Å²) in [6, 6.07) is 27.7. The SMILES string of the molecule is Cc1cc(C)cc(C(=O)N2CC[C@H](NCc3cnc4ccccc4c3)C[C@@H]2Cc2ccccc2)c1. The molecule has 3 aromatic carbocycles. The van der Waals surface area contributed by atoms with Crippen molar-refractivity contribution in [2.24, 2.45) is 0 Å². The highest BCUT2D eigenvalue weighted by Crippen LogP contribution is 2.25. The molecule has 5 rings (SSSR count). The van der Waals surface area contributed by atoms with Gasteiger partial charge in [-0.05, 0) is 68.5 Å². The lowest BCUT2D eigenvalue weighted by Gasteiger charge is -2.40. The number of carbonyl (C=O) groups is 1. The zero-order chi connectivity index (χ0) is 24.2. The predicted molar refractivity (Wildman–Crippen MR) is 142 cm³/mol. The fraction of sp³-hybridized carbons (Fsp3) is 0.290.